The molecule has 5 rings (SSSR count). The zero-order valence-corrected chi connectivity index (χ0v) is 14.7. The van der Waals surface area contributed by atoms with E-state index in [0.717, 1.165) is 41.5 Å². The van der Waals surface area contributed by atoms with E-state index in [-0.39, 0.29) is 18.2 Å². The van der Waals surface area contributed by atoms with E-state index < -0.39 is 11.9 Å². The molecular weight excluding hydrogens is 342 g/mol. The summed E-state index contributed by atoms with van der Waals surface area (Å²) in [5.41, 5.74) is 3.82. The molecule has 0 bridgehead atoms. The first-order valence-corrected chi connectivity index (χ1v) is 9.28. The lowest BCUT2D eigenvalue weighted by Gasteiger charge is -2.30. The molecule has 0 aromatic heterocycles. The van der Waals surface area contributed by atoms with Crippen molar-refractivity contribution in [3.8, 4) is 0 Å². The fraction of sp³-hybridized carbons (Fsp3) is 0.286. The van der Waals surface area contributed by atoms with Gasteiger partial charge in [-0.05, 0) is 48.0 Å². The molecule has 0 aliphatic carbocycles. The Bertz CT molecular complexity index is 1040. The van der Waals surface area contributed by atoms with Gasteiger partial charge in [0.15, 0.2) is 0 Å². The summed E-state index contributed by atoms with van der Waals surface area (Å²) in [5, 5.41) is 7.63. The Labute approximate surface area is 156 Å². The van der Waals surface area contributed by atoms with E-state index in [4.69, 9.17) is 0 Å². The number of carbonyl (C=O) groups excluding carboxylic acids is 3. The Morgan fingerprint density at radius 3 is 2.63 bits per heavy atom. The van der Waals surface area contributed by atoms with Crippen molar-refractivity contribution >= 4 is 39.8 Å². The van der Waals surface area contributed by atoms with E-state index >= 15 is 0 Å². The number of carbonyl (C=O) groups is 3. The van der Waals surface area contributed by atoms with Crippen LogP contribution >= 0.6 is 0 Å². The van der Waals surface area contributed by atoms with Gasteiger partial charge in [0, 0.05) is 23.9 Å². The highest BCUT2D eigenvalue weighted by atomic mass is 16.2. The van der Waals surface area contributed by atoms with Crippen LogP contribution in [0.5, 0.6) is 0 Å². The molecular formula is C21H19N3O3. The van der Waals surface area contributed by atoms with E-state index in [9.17, 15) is 14.4 Å². The lowest BCUT2D eigenvalue weighted by Crippen LogP contribution is -2.53. The SMILES string of the molecule is O=C1CCC(N2C(=O)c3ccc(C4=CCNCC4)c4cccc2c34)C(=O)N1. The maximum absolute atomic E-state index is 13.1. The number of rotatable bonds is 2. The highest BCUT2D eigenvalue weighted by molar-refractivity contribution is 6.28. The second kappa shape index (κ2) is 6.03. The summed E-state index contributed by atoms with van der Waals surface area (Å²) in [6.07, 6.45) is 3.74. The average Bonchev–Trinajstić information content (AvgIpc) is 2.97. The Balaban J connectivity index is 1.65. The summed E-state index contributed by atoms with van der Waals surface area (Å²) in [5.74, 6) is -0.842. The second-order valence-electron chi connectivity index (χ2n) is 7.19. The van der Waals surface area contributed by atoms with Gasteiger partial charge in [-0.15, -0.1) is 0 Å². The minimum atomic E-state index is -0.644. The van der Waals surface area contributed by atoms with Gasteiger partial charge >= 0.3 is 0 Å². The van der Waals surface area contributed by atoms with Crippen LogP contribution in [0.4, 0.5) is 5.69 Å². The summed E-state index contributed by atoms with van der Waals surface area (Å²) in [7, 11) is 0. The third kappa shape index (κ3) is 2.40. The lowest BCUT2D eigenvalue weighted by molar-refractivity contribution is -0.134. The minimum Gasteiger partial charge on any atom is -0.313 e. The van der Waals surface area contributed by atoms with Crippen molar-refractivity contribution in [2.24, 2.45) is 0 Å². The molecule has 2 aromatic rings. The number of nitrogens with zero attached hydrogens (tertiary/aromatic N) is 1. The summed E-state index contributed by atoms with van der Waals surface area (Å²) < 4.78 is 0. The summed E-state index contributed by atoms with van der Waals surface area (Å²) in [6.45, 7) is 1.79. The monoisotopic (exact) mass is 361 g/mol. The van der Waals surface area contributed by atoms with Crippen LogP contribution in [0, 0.1) is 0 Å². The molecule has 2 aromatic carbocycles. The van der Waals surface area contributed by atoms with Crippen molar-refractivity contribution in [1.29, 1.82) is 0 Å². The van der Waals surface area contributed by atoms with Crippen LogP contribution in [0.15, 0.2) is 36.4 Å². The predicted octanol–water partition coefficient (Wildman–Crippen LogP) is 1.98. The van der Waals surface area contributed by atoms with Crippen LogP contribution in [-0.2, 0) is 9.59 Å². The van der Waals surface area contributed by atoms with E-state index in [1.807, 2.05) is 30.3 Å². The first-order chi connectivity index (χ1) is 13.1. The van der Waals surface area contributed by atoms with Crippen molar-refractivity contribution in [2.45, 2.75) is 25.3 Å². The number of amides is 3. The number of hydrogen-bond acceptors (Lipinski definition) is 4. The molecule has 1 unspecified atom stereocenters. The van der Waals surface area contributed by atoms with Crippen LogP contribution < -0.4 is 15.5 Å². The van der Waals surface area contributed by atoms with Gasteiger partial charge in [-0.3, -0.25) is 24.6 Å². The van der Waals surface area contributed by atoms with E-state index in [2.05, 4.69) is 16.7 Å². The van der Waals surface area contributed by atoms with Gasteiger partial charge in [-0.1, -0.05) is 24.3 Å². The Kier molecular flexibility index (Phi) is 3.62. The number of hydrogen-bond donors (Lipinski definition) is 2. The first kappa shape index (κ1) is 16.2. The smallest absolute Gasteiger partial charge is 0.259 e. The van der Waals surface area contributed by atoms with Gasteiger partial charge in [-0.25, -0.2) is 0 Å². The molecule has 3 heterocycles. The van der Waals surface area contributed by atoms with Gasteiger partial charge in [0.1, 0.15) is 6.04 Å². The second-order valence-corrected chi connectivity index (χ2v) is 7.19. The lowest BCUT2D eigenvalue weighted by atomic mass is 9.92. The standard InChI is InChI=1S/C21H19N3O3/c25-18-7-6-17(20(26)23-18)24-16-3-1-2-14-13(12-8-10-22-11-9-12)4-5-15(19(14)16)21(24)27/h1-5,8,17,22H,6-7,9-11H2,(H,23,25,26). The number of anilines is 1. The summed E-state index contributed by atoms with van der Waals surface area (Å²) >= 11 is 0. The predicted molar refractivity (Wildman–Crippen MR) is 102 cm³/mol. The molecule has 0 spiro atoms. The van der Waals surface area contributed by atoms with E-state index in [0.29, 0.717) is 12.0 Å². The van der Waals surface area contributed by atoms with Gasteiger partial charge in [0.25, 0.3) is 5.91 Å². The largest absolute Gasteiger partial charge is 0.313 e. The van der Waals surface area contributed by atoms with Crippen LogP contribution in [0.25, 0.3) is 16.3 Å². The Hall–Kier alpha value is -2.99. The van der Waals surface area contributed by atoms with Gasteiger partial charge in [0.2, 0.25) is 11.8 Å². The molecule has 1 saturated heterocycles. The molecule has 0 radical (unpaired) electrons. The molecule has 6 nitrogen and oxygen atoms in total. The Morgan fingerprint density at radius 1 is 1.00 bits per heavy atom. The molecule has 1 atom stereocenters. The van der Waals surface area contributed by atoms with Crippen molar-refractivity contribution in [1.82, 2.24) is 10.6 Å². The van der Waals surface area contributed by atoms with E-state index in [1.54, 1.807) is 4.90 Å². The van der Waals surface area contributed by atoms with Gasteiger partial charge in [0.05, 0.1) is 5.69 Å². The summed E-state index contributed by atoms with van der Waals surface area (Å²) in [6, 6.07) is 9.12. The minimum absolute atomic E-state index is 0.165. The molecule has 1 fully saturated rings. The maximum Gasteiger partial charge on any atom is 0.259 e. The molecule has 0 saturated carbocycles. The fourth-order valence-corrected chi connectivity index (χ4v) is 4.39. The highest BCUT2D eigenvalue weighted by Crippen LogP contribution is 2.42. The summed E-state index contributed by atoms with van der Waals surface area (Å²) in [4.78, 5) is 38.6. The molecule has 3 amide bonds. The molecule has 2 N–H and O–H groups in total. The number of piperidine rings is 1. The van der Waals surface area contributed by atoms with Gasteiger partial charge in [-0.2, -0.15) is 0 Å². The van der Waals surface area contributed by atoms with Crippen molar-refractivity contribution in [2.75, 3.05) is 18.0 Å². The third-order valence-electron chi connectivity index (χ3n) is 5.66. The quantitative estimate of drug-likeness (QED) is 0.802. The van der Waals surface area contributed by atoms with Crippen LogP contribution in [0.2, 0.25) is 0 Å². The van der Waals surface area contributed by atoms with Crippen molar-refractivity contribution < 1.29 is 14.4 Å². The number of nitrogens with one attached hydrogen (secondary N) is 2. The van der Waals surface area contributed by atoms with Crippen molar-refractivity contribution in [3.63, 3.8) is 0 Å². The first-order valence-electron chi connectivity index (χ1n) is 9.28. The third-order valence-corrected chi connectivity index (χ3v) is 5.66. The van der Waals surface area contributed by atoms with Crippen molar-refractivity contribution in [3.05, 3.63) is 47.5 Å². The average molecular weight is 361 g/mol. The molecule has 6 heteroatoms. The van der Waals surface area contributed by atoms with Crippen LogP contribution in [0.1, 0.15) is 35.2 Å². The number of benzene rings is 2. The molecule has 27 heavy (non-hydrogen) atoms. The highest BCUT2D eigenvalue weighted by Gasteiger charge is 2.40. The molecule has 3 aliphatic heterocycles. The zero-order chi connectivity index (χ0) is 18.5. The molecule has 136 valence electrons. The molecule has 3 aliphatic rings. The number of imide groups is 1. The normalized spacial score (nSPS) is 22.2. The van der Waals surface area contributed by atoms with Gasteiger partial charge < -0.3 is 5.32 Å². The van der Waals surface area contributed by atoms with Crippen LogP contribution in [-0.4, -0.2) is 36.9 Å². The Morgan fingerprint density at radius 2 is 1.85 bits per heavy atom. The maximum atomic E-state index is 13.1. The zero-order valence-electron chi connectivity index (χ0n) is 14.7. The topological polar surface area (TPSA) is 78.5 Å². The fourth-order valence-electron chi connectivity index (χ4n) is 4.39. The van der Waals surface area contributed by atoms with E-state index in [1.165, 1.54) is 5.57 Å². The van der Waals surface area contributed by atoms with Crippen LogP contribution in [0.3, 0.4) is 0 Å².